The number of nitrogens with one attached hydrogen (secondary N) is 1. The molecule has 188 valence electrons. The minimum atomic E-state index is -1.89. The number of rotatable bonds is 5. The van der Waals surface area contributed by atoms with Crippen molar-refractivity contribution in [1.29, 1.82) is 0 Å². The van der Waals surface area contributed by atoms with Gasteiger partial charge in [-0.05, 0) is 51.0 Å². The van der Waals surface area contributed by atoms with Crippen LogP contribution in [0.1, 0.15) is 52.0 Å². The van der Waals surface area contributed by atoms with Gasteiger partial charge in [0.1, 0.15) is 11.3 Å². The molecule has 0 fully saturated rings. The fraction of sp³-hybridized carbons (Fsp3) is 0.583. The molecule has 0 radical (unpaired) electrons. The molecule has 0 spiro atoms. The molecule has 10 heteroatoms. The van der Waals surface area contributed by atoms with E-state index >= 15 is 0 Å². The number of carbonyl (C=O) groups is 2. The highest BCUT2D eigenvalue weighted by atomic mass is 35.5. The van der Waals surface area contributed by atoms with Crippen molar-refractivity contribution in [2.45, 2.75) is 71.8 Å². The summed E-state index contributed by atoms with van der Waals surface area (Å²) in [4.78, 5) is 27.5. The highest BCUT2D eigenvalue weighted by Gasteiger charge is 2.37. The maximum atomic E-state index is 13.3. The lowest BCUT2D eigenvalue weighted by molar-refractivity contribution is 0.0634. The van der Waals surface area contributed by atoms with Gasteiger partial charge in [-0.3, -0.25) is 10.1 Å². The van der Waals surface area contributed by atoms with Crippen molar-refractivity contribution in [1.82, 2.24) is 9.47 Å². The average molecular weight is 529 g/mol. The summed E-state index contributed by atoms with van der Waals surface area (Å²) in [6.07, 6.45) is -0.605. The summed E-state index contributed by atoms with van der Waals surface area (Å²) in [6, 6.07) is 3.34. The fourth-order valence-corrected chi connectivity index (χ4v) is 5.11. The van der Waals surface area contributed by atoms with Crippen molar-refractivity contribution in [2.24, 2.45) is 0 Å². The number of benzene rings is 1. The quantitative estimate of drug-likeness (QED) is 0.435. The van der Waals surface area contributed by atoms with Crippen LogP contribution >= 0.6 is 23.2 Å². The van der Waals surface area contributed by atoms with E-state index in [0.717, 1.165) is 0 Å². The SMILES string of the molecule is CC(C)(C)OC(=O)Nc1cc(Cl)c(Cl)c2c1cc1n2CCN(CCO[Si](C)(C)C(C)(C)C)C1=O. The predicted octanol–water partition coefficient (Wildman–Crippen LogP) is 6.77. The van der Waals surface area contributed by atoms with Gasteiger partial charge < -0.3 is 18.6 Å². The second-order valence-corrected chi connectivity index (χ2v) is 16.8. The molecule has 1 aromatic heterocycles. The van der Waals surface area contributed by atoms with Crippen LogP contribution < -0.4 is 5.32 Å². The molecule has 0 atom stereocenters. The van der Waals surface area contributed by atoms with E-state index in [4.69, 9.17) is 32.4 Å². The third-order valence-electron chi connectivity index (χ3n) is 6.44. The maximum Gasteiger partial charge on any atom is 0.412 e. The number of ether oxygens (including phenoxy) is 1. The second-order valence-electron chi connectivity index (χ2n) is 11.2. The van der Waals surface area contributed by atoms with E-state index in [9.17, 15) is 9.59 Å². The number of hydrogen-bond donors (Lipinski definition) is 1. The molecular weight excluding hydrogens is 493 g/mol. The van der Waals surface area contributed by atoms with Crippen molar-refractivity contribution in [3.05, 3.63) is 27.9 Å². The number of amides is 2. The Morgan fingerprint density at radius 1 is 1.12 bits per heavy atom. The molecule has 3 rings (SSSR count). The molecule has 7 nitrogen and oxygen atoms in total. The van der Waals surface area contributed by atoms with Gasteiger partial charge in [-0.1, -0.05) is 44.0 Å². The van der Waals surface area contributed by atoms with Gasteiger partial charge in [0.15, 0.2) is 8.32 Å². The first-order valence-electron chi connectivity index (χ1n) is 11.5. The third kappa shape index (κ3) is 5.56. The monoisotopic (exact) mass is 527 g/mol. The predicted molar refractivity (Wildman–Crippen MR) is 141 cm³/mol. The maximum absolute atomic E-state index is 13.3. The van der Waals surface area contributed by atoms with Crippen molar-refractivity contribution < 1.29 is 18.8 Å². The standard InChI is InChI=1S/C24H35Cl2N3O4Si/c1-23(2,3)33-22(31)27-17-14-16(25)19(26)20-15(17)13-18-21(30)28(9-10-29(18)20)11-12-32-34(7,8)24(4,5)6/h13-14H,9-12H2,1-8H3,(H,27,31). The largest absolute Gasteiger partial charge is 0.444 e. The van der Waals surface area contributed by atoms with E-state index in [0.29, 0.717) is 58.6 Å². The van der Waals surface area contributed by atoms with Gasteiger partial charge in [0.25, 0.3) is 5.91 Å². The van der Waals surface area contributed by atoms with E-state index in [-0.39, 0.29) is 10.9 Å². The summed E-state index contributed by atoms with van der Waals surface area (Å²) >= 11 is 12.9. The van der Waals surface area contributed by atoms with E-state index in [1.165, 1.54) is 0 Å². The van der Waals surface area contributed by atoms with Crippen LogP contribution in [0.5, 0.6) is 0 Å². The Bertz CT molecular complexity index is 1120. The Kier molecular flexibility index (Phi) is 7.40. The summed E-state index contributed by atoms with van der Waals surface area (Å²) in [6.45, 7) is 18.5. The lowest BCUT2D eigenvalue weighted by Crippen LogP contribution is -2.45. The molecule has 2 amide bonds. The van der Waals surface area contributed by atoms with Gasteiger partial charge >= 0.3 is 6.09 Å². The normalized spacial score (nSPS) is 15.0. The summed E-state index contributed by atoms with van der Waals surface area (Å²) in [5, 5.41) is 4.14. The number of hydrogen-bond acceptors (Lipinski definition) is 4. The zero-order chi connectivity index (χ0) is 25.6. The molecule has 1 N–H and O–H groups in total. The van der Waals surface area contributed by atoms with Crippen LogP contribution in [-0.2, 0) is 15.7 Å². The Hall–Kier alpha value is -1.74. The molecule has 0 saturated carbocycles. The van der Waals surface area contributed by atoms with Crippen LogP contribution in [0.25, 0.3) is 10.9 Å². The Morgan fingerprint density at radius 2 is 1.76 bits per heavy atom. The van der Waals surface area contributed by atoms with Crippen LogP contribution in [0.3, 0.4) is 0 Å². The zero-order valence-corrected chi connectivity index (χ0v) is 23.8. The molecule has 0 aliphatic carbocycles. The Balaban J connectivity index is 1.86. The lowest BCUT2D eigenvalue weighted by atomic mass is 10.2. The van der Waals surface area contributed by atoms with Crippen LogP contribution in [0.2, 0.25) is 28.2 Å². The van der Waals surface area contributed by atoms with Crippen LogP contribution in [-0.4, -0.2) is 55.1 Å². The number of fused-ring (bicyclic) bond motifs is 3. The van der Waals surface area contributed by atoms with Crippen molar-refractivity contribution >= 4 is 60.1 Å². The van der Waals surface area contributed by atoms with E-state index in [2.05, 4.69) is 39.2 Å². The zero-order valence-electron chi connectivity index (χ0n) is 21.3. The fourth-order valence-electron chi connectivity index (χ4n) is 3.62. The van der Waals surface area contributed by atoms with E-state index in [1.807, 2.05) is 4.57 Å². The highest BCUT2D eigenvalue weighted by Crippen LogP contribution is 2.40. The molecule has 34 heavy (non-hydrogen) atoms. The molecule has 2 heterocycles. The summed E-state index contributed by atoms with van der Waals surface area (Å²) in [5.74, 6) is -0.100. The molecular formula is C24H35Cl2N3O4Si. The molecule has 2 aromatic rings. The van der Waals surface area contributed by atoms with Gasteiger partial charge in [0, 0.05) is 25.0 Å². The van der Waals surface area contributed by atoms with Gasteiger partial charge in [0.05, 0.1) is 27.9 Å². The number of halogens is 2. The Labute approximate surface area is 212 Å². The molecule has 1 aliphatic rings. The van der Waals surface area contributed by atoms with Crippen LogP contribution in [0.15, 0.2) is 12.1 Å². The molecule has 0 saturated heterocycles. The van der Waals surface area contributed by atoms with Gasteiger partial charge in [-0.25, -0.2) is 4.79 Å². The molecule has 0 bridgehead atoms. The number of carbonyl (C=O) groups excluding carboxylic acids is 2. The van der Waals surface area contributed by atoms with Gasteiger partial charge in [-0.2, -0.15) is 0 Å². The summed E-state index contributed by atoms with van der Waals surface area (Å²) in [5.41, 5.74) is 0.925. The van der Waals surface area contributed by atoms with Gasteiger partial charge in [-0.15, -0.1) is 0 Å². The first-order chi connectivity index (χ1) is 15.5. The summed E-state index contributed by atoms with van der Waals surface area (Å²) < 4.78 is 13.5. The summed E-state index contributed by atoms with van der Waals surface area (Å²) in [7, 11) is -1.89. The average Bonchev–Trinajstić information content (AvgIpc) is 3.06. The minimum absolute atomic E-state index is 0.100. The number of aromatic nitrogens is 1. The van der Waals surface area contributed by atoms with Crippen molar-refractivity contribution in [3.63, 3.8) is 0 Å². The molecule has 1 aliphatic heterocycles. The number of nitrogens with zero attached hydrogens (tertiary/aromatic N) is 2. The van der Waals surface area contributed by atoms with Crippen molar-refractivity contribution in [3.8, 4) is 0 Å². The molecule has 0 unspecified atom stereocenters. The lowest BCUT2D eigenvalue weighted by Gasteiger charge is -2.37. The minimum Gasteiger partial charge on any atom is -0.444 e. The second kappa shape index (κ2) is 9.37. The Morgan fingerprint density at radius 3 is 2.35 bits per heavy atom. The van der Waals surface area contributed by atoms with Crippen LogP contribution in [0, 0.1) is 0 Å². The number of anilines is 1. The highest BCUT2D eigenvalue weighted by molar-refractivity contribution is 6.74. The van der Waals surface area contributed by atoms with Crippen molar-refractivity contribution in [2.75, 3.05) is 25.0 Å². The van der Waals surface area contributed by atoms with E-state index in [1.54, 1.807) is 37.8 Å². The van der Waals surface area contributed by atoms with E-state index < -0.39 is 20.0 Å². The smallest absolute Gasteiger partial charge is 0.412 e. The van der Waals surface area contributed by atoms with Gasteiger partial charge in [0.2, 0.25) is 0 Å². The third-order valence-corrected chi connectivity index (χ3v) is 11.8. The first kappa shape index (κ1) is 26.9. The molecule has 1 aromatic carbocycles. The topological polar surface area (TPSA) is 72.8 Å². The van der Waals surface area contributed by atoms with Crippen LogP contribution in [0.4, 0.5) is 10.5 Å². The first-order valence-corrected chi connectivity index (χ1v) is 15.1.